The van der Waals surface area contributed by atoms with Crippen molar-refractivity contribution in [3.05, 3.63) is 62.7 Å². The molecule has 1 aliphatic carbocycles. The van der Waals surface area contributed by atoms with Gasteiger partial charge in [0.2, 0.25) is 0 Å². The summed E-state index contributed by atoms with van der Waals surface area (Å²) in [5.41, 5.74) is 1.78. The van der Waals surface area contributed by atoms with Crippen molar-refractivity contribution in [2.45, 2.75) is 39.3 Å². The van der Waals surface area contributed by atoms with Crippen molar-refractivity contribution >= 4 is 5.82 Å². The third-order valence-corrected chi connectivity index (χ3v) is 6.17. The highest BCUT2D eigenvalue weighted by molar-refractivity contribution is 5.36. The molecular weight excluding hydrogens is 408 g/mol. The van der Waals surface area contributed by atoms with E-state index < -0.39 is 0 Å². The maximum atomic E-state index is 12.7. The van der Waals surface area contributed by atoms with Gasteiger partial charge in [0.05, 0.1) is 12.2 Å². The highest BCUT2D eigenvalue weighted by atomic mass is 16.1. The first kappa shape index (κ1) is 20.6. The van der Waals surface area contributed by atoms with Gasteiger partial charge in [-0.25, -0.2) is 14.3 Å². The highest BCUT2D eigenvalue weighted by Crippen LogP contribution is 2.33. The van der Waals surface area contributed by atoms with Crippen LogP contribution in [0.5, 0.6) is 0 Å². The summed E-state index contributed by atoms with van der Waals surface area (Å²) in [6, 6.07) is 5.58. The molecule has 0 radical (unpaired) electrons. The Balaban J connectivity index is 1.22. The Hall–Kier alpha value is -3.27. The number of hydrogen-bond donors (Lipinski definition) is 0. The van der Waals surface area contributed by atoms with E-state index in [4.69, 9.17) is 0 Å². The van der Waals surface area contributed by atoms with Crippen molar-refractivity contribution in [1.29, 1.82) is 0 Å². The fraction of sp³-hybridized carbons (Fsp3) is 0.500. The number of anilines is 1. The molecule has 1 saturated carbocycles. The third-order valence-electron chi connectivity index (χ3n) is 6.17. The molecule has 32 heavy (non-hydrogen) atoms. The van der Waals surface area contributed by atoms with Crippen LogP contribution in [0.4, 0.5) is 5.82 Å². The van der Waals surface area contributed by atoms with Gasteiger partial charge in [-0.1, -0.05) is 0 Å². The summed E-state index contributed by atoms with van der Waals surface area (Å²) in [6.45, 7) is 8.23. The maximum Gasteiger partial charge on any atom is 0.293 e. The molecule has 1 saturated heterocycles. The lowest BCUT2D eigenvalue weighted by atomic mass is 10.3. The van der Waals surface area contributed by atoms with E-state index in [0.717, 1.165) is 57.0 Å². The topological polar surface area (TPSA) is 94.1 Å². The summed E-state index contributed by atoms with van der Waals surface area (Å²) < 4.78 is 5.08. The summed E-state index contributed by atoms with van der Waals surface area (Å²) in [7, 11) is 0. The van der Waals surface area contributed by atoms with Gasteiger partial charge in [-0.05, 0) is 38.8 Å². The van der Waals surface area contributed by atoms with Gasteiger partial charge < -0.3 is 9.47 Å². The molecule has 10 nitrogen and oxygen atoms in total. The molecular formula is C22H28N8O2. The smallest absolute Gasteiger partial charge is 0.293 e. The van der Waals surface area contributed by atoms with Crippen LogP contribution in [0.3, 0.4) is 0 Å². The Morgan fingerprint density at radius 2 is 1.78 bits per heavy atom. The van der Waals surface area contributed by atoms with E-state index in [0.29, 0.717) is 24.2 Å². The molecule has 3 aromatic heterocycles. The normalized spacial score (nSPS) is 17.1. The predicted octanol–water partition coefficient (Wildman–Crippen LogP) is 0.760. The molecule has 0 unspecified atom stereocenters. The van der Waals surface area contributed by atoms with Crippen molar-refractivity contribution < 1.29 is 0 Å². The quantitative estimate of drug-likeness (QED) is 0.563. The molecule has 0 amide bonds. The second-order valence-electron chi connectivity index (χ2n) is 8.61. The number of aryl methyl sites for hydroxylation is 2. The first-order valence-electron chi connectivity index (χ1n) is 11.2. The third kappa shape index (κ3) is 4.10. The zero-order valence-corrected chi connectivity index (χ0v) is 18.5. The van der Waals surface area contributed by atoms with Gasteiger partial charge in [-0.3, -0.25) is 14.5 Å². The Kier molecular flexibility index (Phi) is 5.38. The monoisotopic (exact) mass is 436 g/mol. The molecule has 0 bridgehead atoms. The lowest BCUT2D eigenvalue weighted by molar-refractivity contribution is 0.242. The fourth-order valence-corrected chi connectivity index (χ4v) is 4.26. The number of rotatable bonds is 6. The van der Waals surface area contributed by atoms with Crippen LogP contribution in [0.25, 0.3) is 5.82 Å². The van der Waals surface area contributed by atoms with Crippen molar-refractivity contribution in [1.82, 2.24) is 34.0 Å². The van der Waals surface area contributed by atoms with E-state index in [1.807, 2.05) is 24.5 Å². The minimum atomic E-state index is -0.122. The van der Waals surface area contributed by atoms with Crippen LogP contribution in [0.1, 0.15) is 30.3 Å². The van der Waals surface area contributed by atoms with Crippen molar-refractivity contribution in [2.24, 2.45) is 0 Å². The molecule has 3 aromatic rings. The Morgan fingerprint density at radius 1 is 1.00 bits per heavy atom. The van der Waals surface area contributed by atoms with Gasteiger partial charge in [0.1, 0.15) is 0 Å². The van der Waals surface area contributed by atoms with Crippen molar-refractivity contribution in [3.8, 4) is 5.82 Å². The van der Waals surface area contributed by atoms with E-state index in [1.54, 1.807) is 29.2 Å². The van der Waals surface area contributed by atoms with Gasteiger partial charge in [0.15, 0.2) is 11.6 Å². The van der Waals surface area contributed by atoms with Crippen LogP contribution in [0.2, 0.25) is 0 Å². The number of nitrogens with zero attached hydrogens (tertiary/aromatic N) is 8. The van der Waals surface area contributed by atoms with Gasteiger partial charge >= 0.3 is 0 Å². The van der Waals surface area contributed by atoms with E-state index in [2.05, 4.69) is 25.0 Å². The number of aromatic nitrogens is 6. The minimum Gasteiger partial charge on any atom is -0.349 e. The van der Waals surface area contributed by atoms with Crippen molar-refractivity contribution in [2.75, 3.05) is 37.6 Å². The molecule has 5 rings (SSSR count). The molecule has 0 N–H and O–H groups in total. The Morgan fingerprint density at radius 3 is 2.47 bits per heavy atom. The summed E-state index contributed by atoms with van der Waals surface area (Å²) in [5, 5.41) is 8.98. The summed E-state index contributed by atoms with van der Waals surface area (Å²) in [6.07, 6.45) is 5.68. The molecule has 0 spiro atoms. The van der Waals surface area contributed by atoms with Crippen LogP contribution in [-0.4, -0.2) is 66.7 Å². The SMILES string of the molecule is Cc1cc(C)n(-c2ccc(=O)n(CCN3CCN(c4nccn(C5CC5)c4=O)CC3)n2)n1. The van der Waals surface area contributed by atoms with E-state index in [9.17, 15) is 9.59 Å². The summed E-state index contributed by atoms with van der Waals surface area (Å²) >= 11 is 0. The van der Waals surface area contributed by atoms with Gasteiger partial charge in [0, 0.05) is 62.9 Å². The largest absolute Gasteiger partial charge is 0.349 e. The lowest BCUT2D eigenvalue weighted by Gasteiger charge is -2.35. The maximum absolute atomic E-state index is 12.7. The zero-order valence-electron chi connectivity index (χ0n) is 18.5. The molecule has 168 valence electrons. The van der Waals surface area contributed by atoms with Crippen LogP contribution in [-0.2, 0) is 6.54 Å². The van der Waals surface area contributed by atoms with Crippen LogP contribution < -0.4 is 16.0 Å². The first-order valence-corrected chi connectivity index (χ1v) is 11.2. The lowest BCUT2D eigenvalue weighted by Crippen LogP contribution is -2.49. The van der Waals surface area contributed by atoms with E-state index in [-0.39, 0.29) is 11.1 Å². The van der Waals surface area contributed by atoms with Gasteiger partial charge in [-0.2, -0.15) is 5.10 Å². The standard InChI is InChI=1S/C22H28N8O2/c1-16-15-17(2)30(24-16)19-5-6-20(31)29(25-19)14-11-26-9-12-27(13-10-26)21-22(32)28(8-7-23-21)18-3-4-18/h5-8,15,18H,3-4,9-14H2,1-2H3. The summed E-state index contributed by atoms with van der Waals surface area (Å²) in [5.74, 6) is 1.19. The first-order chi connectivity index (χ1) is 15.5. The fourth-order valence-electron chi connectivity index (χ4n) is 4.26. The zero-order chi connectivity index (χ0) is 22.2. The average Bonchev–Trinajstić information content (AvgIpc) is 3.57. The number of piperazine rings is 1. The van der Waals surface area contributed by atoms with Crippen LogP contribution in [0, 0.1) is 13.8 Å². The molecule has 4 heterocycles. The van der Waals surface area contributed by atoms with Crippen LogP contribution in [0.15, 0.2) is 40.2 Å². The minimum absolute atomic E-state index is 0.0140. The molecule has 1 aliphatic heterocycles. The van der Waals surface area contributed by atoms with Gasteiger partial charge in [0.25, 0.3) is 11.1 Å². The second-order valence-corrected chi connectivity index (χ2v) is 8.61. The Labute approximate surface area is 185 Å². The molecule has 0 atom stereocenters. The van der Waals surface area contributed by atoms with E-state index >= 15 is 0 Å². The predicted molar refractivity (Wildman–Crippen MR) is 121 cm³/mol. The van der Waals surface area contributed by atoms with Crippen LogP contribution >= 0.6 is 0 Å². The molecule has 2 aliphatic rings. The highest BCUT2D eigenvalue weighted by Gasteiger charge is 2.27. The number of hydrogen-bond acceptors (Lipinski definition) is 7. The molecule has 0 aromatic carbocycles. The molecule has 2 fully saturated rings. The van der Waals surface area contributed by atoms with Gasteiger partial charge in [-0.15, -0.1) is 5.10 Å². The molecule has 10 heteroatoms. The Bertz CT molecular complexity index is 1230. The van der Waals surface area contributed by atoms with Crippen molar-refractivity contribution in [3.63, 3.8) is 0 Å². The second kappa shape index (κ2) is 8.34. The summed E-state index contributed by atoms with van der Waals surface area (Å²) in [4.78, 5) is 33.8. The van der Waals surface area contributed by atoms with E-state index in [1.165, 1.54) is 4.68 Å². The average molecular weight is 437 g/mol.